The van der Waals surface area contributed by atoms with E-state index < -0.39 is 0 Å². The average molecular weight is 245 g/mol. The summed E-state index contributed by atoms with van der Waals surface area (Å²) in [6.07, 6.45) is 3.46. The zero-order valence-electron chi connectivity index (χ0n) is 9.37. The number of aromatic nitrogens is 4. The summed E-state index contributed by atoms with van der Waals surface area (Å²) in [4.78, 5) is 3.98. The molecule has 0 aromatic carbocycles. The van der Waals surface area contributed by atoms with E-state index >= 15 is 0 Å². The van der Waals surface area contributed by atoms with Gasteiger partial charge in [0, 0.05) is 24.5 Å². The maximum absolute atomic E-state index is 8.58. The Morgan fingerprint density at radius 3 is 2.76 bits per heavy atom. The zero-order valence-corrected chi connectivity index (χ0v) is 10.2. The smallest absolute Gasteiger partial charge is 0.192 e. The van der Waals surface area contributed by atoms with Crippen LogP contribution in [0.3, 0.4) is 0 Å². The fourth-order valence-electron chi connectivity index (χ4n) is 1.49. The van der Waals surface area contributed by atoms with E-state index in [1.54, 1.807) is 12.4 Å². The van der Waals surface area contributed by atoms with Crippen molar-refractivity contribution in [2.75, 3.05) is 5.75 Å². The van der Waals surface area contributed by atoms with E-state index in [-0.39, 0.29) is 0 Å². The highest BCUT2D eigenvalue weighted by Gasteiger charge is 2.12. The van der Waals surface area contributed by atoms with Gasteiger partial charge in [-0.3, -0.25) is 4.98 Å². The fourth-order valence-corrected chi connectivity index (χ4v) is 2.16. The molecule has 0 aliphatic rings. The minimum atomic E-state index is 0.383. The van der Waals surface area contributed by atoms with Crippen LogP contribution in [0.1, 0.15) is 6.92 Å². The van der Waals surface area contributed by atoms with Crippen LogP contribution >= 0.6 is 11.8 Å². The molecule has 6 heteroatoms. The molecule has 0 aliphatic carbocycles. The first-order chi connectivity index (χ1) is 8.36. The van der Waals surface area contributed by atoms with Crippen molar-refractivity contribution >= 4 is 11.8 Å². The predicted molar refractivity (Wildman–Crippen MR) is 65.3 cm³/mol. The molecule has 0 saturated carbocycles. The Kier molecular flexibility index (Phi) is 3.73. The second-order valence-corrected chi connectivity index (χ2v) is 4.18. The van der Waals surface area contributed by atoms with Gasteiger partial charge in [-0.05, 0) is 19.1 Å². The first-order valence-electron chi connectivity index (χ1n) is 5.20. The van der Waals surface area contributed by atoms with E-state index in [0.29, 0.717) is 5.75 Å². The second kappa shape index (κ2) is 5.46. The summed E-state index contributed by atoms with van der Waals surface area (Å²) in [6, 6.07) is 5.88. The molecule has 0 amide bonds. The van der Waals surface area contributed by atoms with Crippen molar-refractivity contribution in [2.24, 2.45) is 0 Å². The summed E-state index contributed by atoms with van der Waals surface area (Å²) in [6.45, 7) is 2.81. The van der Waals surface area contributed by atoms with Gasteiger partial charge in [-0.15, -0.1) is 10.2 Å². The van der Waals surface area contributed by atoms with Gasteiger partial charge in [0.1, 0.15) is 0 Å². The van der Waals surface area contributed by atoms with Crippen molar-refractivity contribution in [3.05, 3.63) is 24.5 Å². The van der Waals surface area contributed by atoms with Crippen LogP contribution in [0.25, 0.3) is 11.4 Å². The third-order valence-corrected chi connectivity index (χ3v) is 3.07. The van der Waals surface area contributed by atoms with Crippen molar-refractivity contribution < 1.29 is 0 Å². The van der Waals surface area contributed by atoms with Gasteiger partial charge in [0.05, 0.1) is 11.8 Å². The van der Waals surface area contributed by atoms with E-state index in [1.165, 1.54) is 11.8 Å². The highest BCUT2D eigenvalue weighted by molar-refractivity contribution is 7.99. The number of rotatable bonds is 4. The van der Waals surface area contributed by atoms with Gasteiger partial charge in [-0.25, -0.2) is 0 Å². The number of hydrogen-bond acceptors (Lipinski definition) is 5. The Labute approximate surface area is 104 Å². The number of thioether (sulfide) groups is 1. The lowest BCUT2D eigenvalue weighted by atomic mass is 10.2. The molecular formula is C11H11N5S. The first kappa shape index (κ1) is 11.6. The molecule has 0 atom stereocenters. The molecule has 86 valence electrons. The molecule has 17 heavy (non-hydrogen) atoms. The van der Waals surface area contributed by atoms with E-state index in [0.717, 1.165) is 23.1 Å². The molecule has 0 spiro atoms. The van der Waals surface area contributed by atoms with Crippen LogP contribution in [0.4, 0.5) is 0 Å². The minimum absolute atomic E-state index is 0.383. The van der Waals surface area contributed by atoms with E-state index in [4.69, 9.17) is 5.26 Å². The van der Waals surface area contributed by atoms with Crippen LogP contribution in [0.5, 0.6) is 0 Å². The average Bonchev–Trinajstić information content (AvgIpc) is 2.80. The maximum Gasteiger partial charge on any atom is 0.192 e. The molecule has 0 bridgehead atoms. The number of nitrogens with zero attached hydrogens (tertiary/aromatic N) is 5. The summed E-state index contributed by atoms with van der Waals surface area (Å²) in [7, 11) is 0. The monoisotopic (exact) mass is 245 g/mol. The van der Waals surface area contributed by atoms with E-state index in [2.05, 4.69) is 21.3 Å². The summed E-state index contributed by atoms with van der Waals surface area (Å²) >= 11 is 1.40. The molecule has 0 saturated heterocycles. The second-order valence-electron chi connectivity index (χ2n) is 3.23. The van der Waals surface area contributed by atoms with Crippen molar-refractivity contribution in [3.63, 3.8) is 0 Å². The number of nitriles is 1. The molecule has 2 aromatic heterocycles. The summed E-state index contributed by atoms with van der Waals surface area (Å²) in [5, 5.41) is 17.6. The number of pyridine rings is 1. The van der Waals surface area contributed by atoms with Gasteiger partial charge >= 0.3 is 0 Å². The van der Waals surface area contributed by atoms with Crippen LogP contribution in [0, 0.1) is 11.3 Å². The van der Waals surface area contributed by atoms with Gasteiger partial charge < -0.3 is 4.57 Å². The maximum atomic E-state index is 8.58. The summed E-state index contributed by atoms with van der Waals surface area (Å²) < 4.78 is 2.00. The lowest BCUT2D eigenvalue weighted by Crippen LogP contribution is -1.99. The van der Waals surface area contributed by atoms with Crippen molar-refractivity contribution in [3.8, 4) is 17.5 Å². The molecule has 2 heterocycles. The summed E-state index contributed by atoms with van der Waals surface area (Å²) in [5.41, 5.74) is 0.984. The molecule has 0 N–H and O–H groups in total. The van der Waals surface area contributed by atoms with E-state index in [1.807, 2.05) is 23.6 Å². The Hall–Kier alpha value is -1.87. The van der Waals surface area contributed by atoms with Gasteiger partial charge in [-0.1, -0.05) is 11.8 Å². The summed E-state index contributed by atoms with van der Waals surface area (Å²) in [5.74, 6) is 1.20. The van der Waals surface area contributed by atoms with E-state index in [9.17, 15) is 0 Å². The molecule has 5 nitrogen and oxygen atoms in total. The fraction of sp³-hybridized carbons (Fsp3) is 0.273. The highest BCUT2D eigenvalue weighted by atomic mass is 32.2. The van der Waals surface area contributed by atoms with Crippen molar-refractivity contribution in [1.82, 2.24) is 19.7 Å². The van der Waals surface area contributed by atoms with Crippen LogP contribution in [-0.2, 0) is 6.54 Å². The molecule has 0 unspecified atom stereocenters. The highest BCUT2D eigenvalue weighted by Crippen LogP contribution is 2.22. The first-order valence-corrected chi connectivity index (χ1v) is 6.18. The van der Waals surface area contributed by atoms with Crippen LogP contribution in [0.15, 0.2) is 29.7 Å². The standard InChI is InChI=1S/C11H11N5S/c1-2-16-10(9-3-6-13-7-4-9)14-15-11(16)17-8-5-12/h3-4,6-7H,2,8H2,1H3. The SMILES string of the molecule is CCn1c(SCC#N)nnc1-c1ccncc1. The Balaban J connectivity index is 2.36. The van der Waals surface area contributed by atoms with Crippen LogP contribution in [-0.4, -0.2) is 25.5 Å². The Bertz CT molecular complexity index is 529. The van der Waals surface area contributed by atoms with Crippen molar-refractivity contribution in [2.45, 2.75) is 18.6 Å². The molecule has 2 rings (SSSR count). The third-order valence-electron chi connectivity index (χ3n) is 2.24. The Morgan fingerprint density at radius 1 is 1.35 bits per heavy atom. The molecule has 2 aromatic rings. The largest absolute Gasteiger partial charge is 0.302 e. The van der Waals surface area contributed by atoms with Gasteiger partial charge in [0.15, 0.2) is 11.0 Å². The topological polar surface area (TPSA) is 67.4 Å². The van der Waals surface area contributed by atoms with Gasteiger partial charge in [-0.2, -0.15) is 5.26 Å². The quantitative estimate of drug-likeness (QED) is 0.770. The normalized spacial score (nSPS) is 10.1. The van der Waals surface area contributed by atoms with Crippen LogP contribution < -0.4 is 0 Å². The predicted octanol–water partition coefficient (Wildman–Crippen LogP) is 1.98. The molecule has 0 aliphatic heterocycles. The van der Waals surface area contributed by atoms with Crippen LogP contribution in [0.2, 0.25) is 0 Å². The van der Waals surface area contributed by atoms with Gasteiger partial charge in [0.25, 0.3) is 0 Å². The van der Waals surface area contributed by atoms with Crippen molar-refractivity contribution in [1.29, 1.82) is 5.26 Å². The molecular weight excluding hydrogens is 234 g/mol. The van der Waals surface area contributed by atoms with Gasteiger partial charge in [0.2, 0.25) is 0 Å². The molecule has 0 radical (unpaired) electrons. The minimum Gasteiger partial charge on any atom is -0.302 e. The number of hydrogen-bond donors (Lipinski definition) is 0. The lowest BCUT2D eigenvalue weighted by molar-refractivity contribution is 0.688. The lowest BCUT2D eigenvalue weighted by Gasteiger charge is -2.05. The molecule has 0 fully saturated rings. The third kappa shape index (κ3) is 2.45. The Morgan fingerprint density at radius 2 is 2.12 bits per heavy atom. The zero-order chi connectivity index (χ0) is 12.1.